The molecule has 1 amide bonds. The van der Waals surface area contributed by atoms with Crippen molar-refractivity contribution in [1.82, 2.24) is 5.32 Å². The first-order valence-corrected chi connectivity index (χ1v) is 6.09. The summed E-state index contributed by atoms with van der Waals surface area (Å²) in [5.74, 6) is 0.0162. The second-order valence-corrected chi connectivity index (χ2v) is 4.34. The summed E-state index contributed by atoms with van der Waals surface area (Å²) in [6.45, 7) is 6.13. The lowest BCUT2D eigenvalue weighted by molar-refractivity contribution is -0.119. The van der Waals surface area contributed by atoms with Crippen LogP contribution in [0, 0.1) is 13.8 Å². The molecule has 1 rings (SSSR count). The summed E-state index contributed by atoms with van der Waals surface area (Å²) in [5, 5.41) is 3.27. The molecule has 1 N–H and O–H groups in total. The summed E-state index contributed by atoms with van der Waals surface area (Å²) in [6.07, 6.45) is 0. The molecule has 15 heavy (non-hydrogen) atoms. The summed E-state index contributed by atoms with van der Waals surface area (Å²) >= 11 is 3.13. The van der Waals surface area contributed by atoms with Gasteiger partial charge in [0, 0.05) is 0 Å². The maximum Gasteiger partial charge on any atom is 0.231 e. The number of hydrogen-bond acceptors (Lipinski definition) is 1. The molecule has 0 saturated heterocycles. The van der Waals surface area contributed by atoms with E-state index in [1.54, 1.807) is 0 Å². The SMILES string of the molecule is Cc1ccc([C@H](C)NC(=O)CBr)c(C)c1. The fourth-order valence-corrected chi connectivity index (χ4v) is 1.83. The van der Waals surface area contributed by atoms with Crippen LogP contribution in [0.5, 0.6) is 0 Å². The molecule has 2 nitrogen and oxygen atoms in total. The Bertz CT molecular complexity index is 363. The second kappa shape index (κ2) is 5.31. The van der Waals surface area contributed by atoms with Crippen LogP contribution in [0.1, 0.15) is 29.7 Å². The molecular formula is C12H16BrNO. The highest BCUT2D eigenvalue weighted by Gasteiger charge is 2.10. The minimum Gasteiger partial charge on any atom is -0.349 e. The van der Waals surface area contributed by atoms with Gasteiger partial charge in [0.15, 0.2) is 0 Å². The number of hydrogen-bond donors (Lipinski definition) is 1. The lowest BCUT2D eigenvalue weighted by Gasteiger charge is -2.16. The van der Waals surface area contributed by atoms with Crippen LogP contribution in [0.2, 0.25) is 0 Å². The Morgan fingerprint density at radius 2 is 2.13 bits per heavy atom. The predicted octanol–water partition coefficient (Wildman–Crippen LogP) is 2.88. The molecule has 0 unspecified atom stereocenters. The number of halogens is 1. The number of carbonyl (C=O) groups is 1. The zero-order chi connectivity index (χ0) is 11.4. The molecule has 0 spiro atoms. The van der Waals surface area contributed by atoms with E-state index in [0.29, 0.717) is 5.33 Å². The van der Waals surface area contributed by atoms with E-state index in [1.807, 2.05) is 6.92 Å². The van der Waals surface area contributed by atoms with E-state index in [9.17, 15) is 4.79 Å². The summed E-state index contributed by atoms with van der Waals surface area (Å²) in [7, 11) is 0. The number of carbonyl (C=O) groups excluding carboxylic acids is 1. The maximum atomic E-state index is 11.2. The zero-order valence-electron chi connectivity index (χ0n) is 9.30. The van der Waals surface area contributed by atoms with Gasteiger partial charge in [0.2, 0.25) is 5.91 Å². The van der Waals surface area contributed by atoms with Crippen molar-refractivity contribution < 1.29 is 4.79 Å². The van der Waals surface area contributed by atoms with E-state index in [1.165, 1.54) is 16.7 Å². The molecule has 3 heteroatoms. The third-order valence-electron chi connectivity index (χ3n) is 2.39. The maximum absolute atomic E-state index is 11.2. The Morgan fingerprint density at radius 1 is 1.47 bits per heavy atom. The normalized spacial score (nSPS) is 12.3. The van der Waals surface area contributed by atoms with E-state index >= 15 is 0 Å². The van der Waals surface area contributed by atoms with Crippen molar-refractivity contribution in [2.75, 3.05) is 5.33 Å². The third-order valence-corrected chi connectivity index (χ3v) is 2.90. The van der Waals surface area contributed by atoms with Gasteiger partial charge in [-0.1, -0.05) is 39.7 Å². The van der Waals surface area contributed by atoms with E-state index in [-0.39, 0.29) is 11.9 Å². The number of amides is 1. The molecule has 0 aromatic heterocycles. The van der Waals surface area contributed by atoms with Gasteiger partial charge in [0.25, 0.3) is 0 Å². The summed E-state index contributed by atoms with van der Waals surface area (Å²) in [4.78, 5) is 11.2. The first-order valence-electron chi connectivity index (χ1n) is 4.97. The molecule has 0 bridgehead atoms. The van der Waals surface area contributed by atoms with Crippen LogP contribution in [-0.4, -0.2) is 11.2 Å². The van der Waals surface area contributed by atoms with Crippen LogP contribution >= 0.6 is 15.9 Å². The smallest absolute Gasteiger partial charge is 0.231 e. The quantitative estimate of drug-likeness (QED) is 0.841. The molecule has 1 aromatic carbocycles. The van der Waals surface area contributed by atoms with Gasteiger partial charge in [-0.2, -0.15) is 0 Å². The number of rotatable bonds is 3. The third kappa shape index (κ3) is 3.34. The highest BCUT2D eigenvalue weighted by atomic mass is 79.9. The number of benzene rings is 1. The van der Waals surface area contributed by atoms with Gasteiger partial charge in [-0.05, 0) is 31.9 Å². The zero-order valence-corrected chi connectivity index (χ0v) is 10.9. The van der Waals surface area contributed by atoms with Crippen molar-refractivity contribution in [3.63, 3.8) is 0 Å². The lowest BCUT2D eigenvalue weighted by atomic mass is 10.0. The molecule has 0 heterocycles. The average molecular weight is 270 g/mol. The number of alkyl halides is 1. The van der Waals surface area contributed by atoms with Crippen LogP contribution in [0.25, 0.3) is 0 Å². The van der Waals surface area contributed by atoms with Crippen molar-refractivity contribution >= 4 is 21.8 Å². The number of aryl methyl sites for hydroxylation is 2. The fourth-order valence-electron chi connectivity index (χ4n) is 1.67. The Hall–Kier alpha value is -0.830. The van der Waals surface area contributed by atoms with Crippen molar-refractivity contribution in [1.29, 1.82) is 0 Å². The highest BCUT2D eigenvalue weighted by molar-refractivity contribution is 9.09. The van der Waals surface area contributed by atoms with Crippen LogP contribution in [0.4, 0.5) is 0 Å². The largest absolute Gasteiger partial charge is 0.349 e. The number of nitrogens with one attached hydrogen (secondary N) is 1. The molecule has 0 saturated carbocycles. The summed E-state index contributed by atoms with van der Waals surface area (Å²) < 4.78 is 0. The molecule has 0 aliphatic rings. The molecule has 1 atom stereocenters. The molecule has 0 radical (unpaired) electrons. The lowest BCUT2D eigenvalue weighted by Crippen LogP contribution is -2.27. The van der Waals surface area contributed by atoms with E-state index < -0.39 is 0 Å². The Kier molecular flexibility index (Phi) is 4.33. The van der Waals surface area contributed by atoms with Crippen LogP contribution in [-0.2, 0) is 4.79 Å². The Balaban J connectivity index is 2.82. The van der Waals surface area contributed by atoms with E-state index in [2.05, 4.69) is 53.3 Å². The second-order valence-electron chi connectivity index (χ2n) is 3.78. The topological polar surface area (TPSA) is 29.1 Å². The molecule has 0 aliphatic heterocycles. The van der Waals surface area contributed by atoms with Crippen molar-refractivity contribution in [3.8, 4) is 0 Å². The predicted molar refractivity (Wildman–Crippen MR) is 66.3 cm³/mol. The van der Waals surface area contributed by atoms with Gasteiger partial charge in [0.05, 0.1) is 11.4 Å². The first-order chi connectivity index (χ1) is 7.04. The molecule has 0 aliphatic carbocycles. The average Bonchev–Trinajstić information content (AvgIpc) is 2.17. The fraction of sp³-hybridized carbons (Fsp3) is 0.417. The van der Waals surface area contributed by atoms with Gasteiger partial charge < -0.3 is 5.32 Å². The summed E-state index contributed by atoms with van der Waals surface area (Å²) in [5.41, 5.74) is 3.64. The Labute approximate surface area is 99.2 Å². The van der Waals surface area contributed by atoms with Crippen molar-refractivity contribution in [3.05, 3.63) is 34.9 Å². The first kappa shape index (κ1) is 12.2. The standard InChI is InChI=1S/C12H16BrNO/c1-8-4-5-11(9(2)6-8)10(3)14-12(15)7-13/h4-6,10H,7H2,1-3H3,(H,14,15)/t10-/m0/s1. The van der Waals surface area contributed by atoms with Gasteiger partial charge in [0.1, 0.15) is 0 Å². The molecular weight excluding hydrogens is 254 g/mol. The van der Waals surface area contributed by atoms with Crippen LogP contribution in [0.3, 0.4) is 0 Å². The summed E-state index contributed by atoms with van der Waals surface area (Å²) in [6, 6.07) is 6.34. The molecule has 1 aromatic rings. The Morgan fingerprint density at radius 3 is 2.67 bits per heavy atom. The minimum absolute atomic E-state index is 0.0162. The van der Waals surface area contributed by atoms with Gasteiger partial charge in [-0.25, -0.2) is 0 Å². The van der Waals surface area contributed by atoms with E-state index in [0.717, 1.165) is 0 Å². The molecule has 82 valence electrons. The van der Waals surface area contributed by atoms with Gasteiger partial charge >= 0.3 is 0 Å². The van der Waals surface area contributed by atoms with Crippen molar-refractivity contribution in [2.24, 2.45) is 0 Å². The van der Waals surface area contributed by atoms with Gasteiger partial charge in [-0.3, -0.25) is 4.79 Å². The van der Waals surface area contributed by atoms with Crippen molar-refractivity contribution in [2.45, 2.75) is 26.8 Å². The molecule has 0 fully saturated rings. The van der Waals surface area contributed by atoms with Crippen LogP contribution in [0.15, 0.2) is 18.2 Å². The van der Waals surface area contributed by atoms with Crippen LogP contribution < -0.4 is 5.32 Å². The monoisotopic (exact) mass is 269 g/mol. The van der Waals surface area contributed by atoms with E-state index in [4.69, 9.17) is 0 Å². The van der Waals surface area contributed by atoms with Gasteiger partial charge in [-0.15, -0.1) is 0 Å². The minimum atomic E-state index is 0.0162. The highest BCUT2D eigenvalue weighted by Crippen LogP contribution is 2.18.